The average Bonchev–Trinajstić information content (AvgIpc) is 3.69. The van der Waals surface area contributed by atoms with E-state index in [1.165, 1.54) is 81.8 Å². The minimum Gasteiger partial charge on any atom is -0.147 e. The van der Waals surface area contributed by atoms with Gasteiger partial charge in [0, 0.05) is 0 Å². The Kier molecular flexibility index (Phi) is 10.8. The van der Waals surface area contributed by atoms with E-state index in [1.54, 1.807) is 27.8 Å². The quantitative estimate of drug-likeness (QED) is 0.150. The number of aryl methyl sites for hydroxylation is 1. The first-order valence-electron chi connectivity index (χ1n) is 18.8. The molecule has 2 atom stereocenters. The maximum Gasteiger partial charge on any atom is -0.147 e. The van der Waals surface area contributed by atoms with E-state index in [0.717, 1.165) is 5.92 Å². The van der Waals surface area contributed by atoms with Crippen LogP contribution in [0.2, 0.25) is 9.26 Å². The Bertz CT molecular complexity index is 2240. The third-order valence-electron chi connectivity index (χ3n) is 12.7. The van der Waals surface area contributed by atoms with Crippen LogP contribution in [0.4, 0.5) is 0 Å². The van der Waals surface area contributed by atoms with Gasteiger partial charge in [-0.15, -0.1) is 24.8 Å². The minimum absolute atomic E-state index is 0. The molecule has 3 aliphatic rings. The van der Waals surface area contributed by atoms with Crippen LogP contribution in [-0.2, 0) is 17.4 Å². The predicted octanol–water partition coefficient (Wildman–Crippen LogP) is 14.0. The second-order valence-electron chi connectivity index (χ2n) is 17.0. The molecule has 0 nitrogen and oxygen atoms in total. The molecule has 0 heterocycles. The zero-order valence-corrected chi connectivity index (χ0v) is 36.8. The second-order valence-corrected chi connectivity index (χ2v) is 47.5. The van der Waals surface area contributed by atoms with Crippen LogP contribution < -0.4 is 0 Å². The molecule has 4 heteroatoms. The van der Waals surface area contributed by atoms with Crippen molar-refractivity contribution in [3.05, 3.63) is 142 Å². The summed E-state index contributed by atoms with van der Waals surface area (Å²) in [5, 5.41) is 2.65. The Labute approximate surface area is 321 Å². The molecule has 5 aromatic rings. The van der Waals surface area contributed by atoms with Gasteiger partial charge in [0.15, 0.2) is 0 Å². The van der Waals surface area contributed by atoms with Crippen molar-refractivity contribution >= 4 is 54.6 Å². The van der Waals surface area contributed by atoms with Crippen LogP contribution in [0.3, 0.4) is 0 Å². The summed E-state index contributed by atoms with van der Waals surface area (Å²) in [6.07, 6.45) is 12.1. The fraction of sp³-hybridized carbons (Fsp3) is 0.319. The summed E-state index contributed by atoms with van der Waals surface area (Å²) < 4.78 is 6.60. The van der Waals surface area contributed by atoms with Crippen molar-refractivity contribution in [3.63, 3.8) is 0 Å². The maximum atomic E-state index is 2.79. The fourth-order valence-corrected chi connectivity index (χ4v) is 31.1. The van der Waals surface area contributed by atoms with Crippen LogP contribution in [0.1, 0.15) is 99.4 Å². The van der Waals surface area contributed by atoms with Gasteiger partial charge in [-0.1, -0.05) is 0 Å². The number of fused-ring (bicyclic) bond motifs is 3. The van der Waals surface area contributed by atoms with Gasteiger partial charge in [-0.3, -0.25) is 0 Å². The molecule has 8 rings (SSSR count). The van der Waals surface area contributed by atoms with E-state index >= 15 is 0 Å². The van der Waals surface area contributed by atoms with E-state index in [1.807, 2.05) is 0 Å². The SMILES string of the molecule is CC1=Cc2c(-c3ccc(C4CCCCC4)cc3)ccc(C)c2[CH]1[Zr]([CH3])([CH3])(=[SiH2])[CH]1C(C(C)C)=Cc2c(-c3cccc4ccccc34)cccc21.Cl.Cl. The smallest absolute Gasteiger partial charge is 0.147 e. The summed E-state index contributed by atoms with van der Waals surface area (Å²) in [6.45, 7) is 12.2. The van der Waals surface area contributed by atoms with Gasteiger partial charge >= 0.3 is 299 Å². The number of rotatable bonds is 6. The molecule has 5 aromatic carbocycles. The molecular weight excluding hydrogens is 755 g/mol. The molecule has 0 saturated heterocycles. The molecule has 0 bridgehead atoms. The molecule has 51 heavy (non-hydrogen) atoms. The van der Waals surface area contributed by atoms with E-state index in [2.05, 4.69) is 153 Å². The Balaban J connectivity index is 0.00000224. The first kappa shape index (κ1) is 38.3. The number of hydrogen-bond donors (Lipinski definition) is 0. The number of benzene rings is 5. The Morgan fingerprint density at radius 1 is 0.647 bits per heavy atom. The van der Waals surface area contributed by atoms with Crippen LogP contribution in [0.5, 0.6) is 0 Å². The standard InChI is InChI=1S/C23H25.C22H19.2CH3.2ClH.H2Si.Zr/c1-16-14-22-17(2)8-13-21(23(22)15-16)20-11-9-19(10-12-20)18-6-4-3-5-7-18;1-15(2)18-13-17-9-6-12-21(22(17)14-18)20-11-5-8-16-7-3-4-10-19(16)20;;;;;;/h8-15,18H,3-7H2,1-2H3;3-15H,1-2H3;2*1H3;2*1H;1H2;. The third-order valence-corrected chi connectivity index (χ3v) is 30.2. The molecule has 264 valence electrons. The van der Waals surface area contributed by atoms with E-state index in [9.17, 15) is 0 Å². The molecular formula is C47H54Cl2SiZr. The first-order chi connectivity index (χ1) is 23.5. The largest absolute Gasteiger partial charge is 0.147 e. The summed E-state index contributed by atoms with van der Waals surface area (Å²) in [4.78, 5) is 0. The van der Waals surface area contributed by atoms with Crippen LogP contribution in [0, 0.1) is 12.8 Å². The van der Waals surface area contributed by atoms with Gasteiger partial charge in [-0.25, -0.2) is 0 Å². The molecule has 1 saturated carbocycles. The summed E-state index contributed by atoms with van der Waals surface area (Å²) in [7, 11) is 0. The van der Waals surface area contributed by atoms with Crippen molar-refractivity contribution in [1.82, 2.24) is 0 Å². The Morgan fingerprint density at radius 2 is 1.31 bits per heavy atom. The van der Waals surface area contributed by atoms with Gasteiger partial charge in [-0.05, 0) is 0 Å². The number of halogens is 2. The van der Waals surface area contributed by atoms with Gasteiger partial charge < -0.3 is 0 Å². The third kappa shape index (κ3) is 6.45. The summed E-state index contributed by atoms with van der Waals surface area (Å²) in [6, 6.07) is 37.5. The van der Waals surface area contributed by atoms with Gasteiger partial charge in [0.05, 0.1) is 0 Å². The molecule has 0 radical (unpaired) electrons. The fourth-order valence-electron chi connectivity index (χ4n) is 10.5. The summed E-state index contributed by atoms with van der Waals surface area (Å²) in [5.41, 5.74) is 17.9. The molecule has 0 amide bonds. The van der Waals surface area contributed by atoms with Crippen LogP contribution >= 0.6 is 24.8 Å². The van der Waals surface area contributed by atoms with Gasteiger partial charge in [0.1, 0.15) is 0 Å². The van der Waals surface area contributed by atoms with Crippen molar-refractivity contribution in [2.24, 2.45) is 5.92 Å². The molecule has 1 fully saturated rings. The van der Waals surface area contributed by atoms with Crippen molar-refractivity contribution in [2.75, 3.05) is 0 Å². The summed E-state index contributed by atoms with van der Waals surface area (Å²) in [5.74, 6) is 1.24. The molecule has 0 N–H and O–H groups in total. The van der Waals surface area contributed by atoms with Crippen molar-refractivity contribution in [3.8, 4) is 22.3 Å². The van der Waals surface area contributed by atoms with E-state index in [0.29, 0.717) is 13.2 Å². The molecule has 3 aliphatic carbocycles. The van der Waals surface area contributed by atoms with E-state index in [-0.39, 0.29) is 24.8 Å². The first-order valence-corrected chi connectivity index (χ1v) is 32.5. The Hall–Kier alpha value is -2.48. The average molecular weight is 809 g/mol. The van der Waals surface area contributed by atoms with Gasteiger partial charge in [-0.2, -0.15) is 0 Å². The second kappa shape index (κ2) is 14.4. The van der Waals surface area contributed by atoms with Gasteiger partial charge in [0.25, 0.3) is 0 Å². The van der Waals surface area contributed by atoms with Crippen LogP contribution in [-0.4, -0.2) is 6.88 Å². The minimum atomic E-state index is -3.74. The van der Waals surface area contributed by atoms with Crippen LogP contribution in [0.25, 0.3) is 45.2 Å². The normalized spacial score (nSPS) is 18.8. The van der Waals surface area contributed by atoms with E-state index < -0.39 is 17.4 Å². The number of hydrogen-bond acceptors (Lipinski definition) is 0. The maximum absolute atomic E-state index is 3.74. The zero-order chi connectivity index (χ0) is 34.1. The zero-order valence-electron chi connectivity index (χ0n) is 31.3. The molecule has 0 aromatic heterocycles. The Morgan fingerprint density at radius 3 is 2.04 bits per heavy atom. The van der Waals surface area contributed by atoms with Crippen LogP contribution in [0.15, 0.2) is 108 Å². The van der Waals surface area contributed by atoms with Crippen molar-refractivity contribution < 1.29 is 17.4 Å². The molecule has 0 spiro atoms. The monoisotopic (exact) mass is 806 g/mol. The topological polar surface area (TPSA) is 0 Å². The predicted molar refractivity (Wildman–Crippen MR) is 229 cm³/mol. The molecule has 2 unspecified atom stereocenters. The van der Waals surface area contributed by atoms with Crippen molar-refractivity contribution in [2.45, 2.75) is 82.2 Å². The van der Waals surface area contributed by atoms with Crippen molar-refractivity contribution in [1.29, 1.82) is 0 Å². The van der Waals surface area contributed by atoms with Gasteiger partial charge in [0.2, 0.25) is 0 Å². The molecule has 0 aliphatic heterocycles. The van der Waals surface area contributed by atoms with E-state index in [4.69, 9.17) is 0 Å². The number of allylic oxidation sites excluding steroid dienone is 2. The summed E-state index contributed by atoms with van der Waals surface area (Å²) >= 11 is -3.74.